The van der Waals surface area contributed by atoms with Gasteiger partial charge in [-0.15, -0.1) is 0 Å². The van der Waals surface area contributed by atoms with Gasteiger partial charge in [0.05, 0.1) is 31.5 Å². The number of aliphatic hydroxyl groups is 1. The van der Waals surface area contributed by atoms with Crippen molar-refractivity contribution in [3.8, 4) is 0 Å². The van der Waals surface area contributed by atoms with Crippen LogP contribution in [0.15, 0.2) is 23.3 Å². The summed E-state index contributed by atoms with van der Waals surface area (Å²) in [6, 6.07) is 0.461. The van der Waals surface area contributed by atoms with Crippen LogP contribution in [0.2, 0.25) is 0 Å². The SMILES string of the molecule is CCC[C@H]1[C@@H]2CC[C@@]3(CC(C)=C2C[C@@H]1[C@]1(C)C=CC(=O)CC1)O[C@@H]1C[C@H](C)CN(CCOCCO)[C@H]1[C@H]3C. The highest BCUT2D eigenvalue weighted by Crippen LogP contribution is 2.60. The quantitative estimate of drug-likeness (QED) is 0.312. The molecule has 0 aromatic heterocycles. The molecular formula is C33H53NO4. The molecule has 0 unspecified atom stereocenters. The van der Waals surface area contributed by atoms with Gasteiger partial charge in [0.1, 0.15) is 0 Å². The van der Waals surface area contributed by atoms with Crippen LogP contribution in [0.3, 0.4) is 0 Å². The molecular weight excluding hydrogens is 474 g/mol. The Morgan fingerprint density at radius 2 is 2.05 bits per heavy atom. The summed E-state index contributed by atoms with van der Waals surface area (Å²) in [5.74, 6) is 3.46. The van der Waals surface area contributed by atoms with Gasteiger partial charge < -0.3 is 14.6 Å². The summed E-state index contributed by atoms with van der Waals surface area (Å²) in [6.07, 6.45) is 14.6. The van der Waals surface area contributed by atoms with Crippen LogP contribution < -0.4 is 0 Å². The van der Waals surface area contributed by atoms with Crippen LogP contribution in [-0.2, 0) is 14.3 Å². The number of ketones is 1. The summed E-state index contributed by atoms with van der Waals surface area (Å²) in [4.78, 5) is 14.7. The van der Waals surface area contributed by atoms with Gasteiger partial charge in [0.2, 0.25) is 0 Å². The summed E-state index contributed by atoms with van der Waals surface area (Å²) in [5.41, 5.74) is 3.43. The fourth-order valence-corrected chi connectivity index (χ4v) is 9.54. The average Bonchev–Trinajstić information content (AvgIpc) is 3.33. The van der Waals surface area contributed by atoms with Gasteiger partial charge in [-0.25, -0.2) is 0 Å². The monoisotopic (exact) mass is 527 g/mol. The van der Waals surface area contributed by atoms with E-state index in [9.17, 15) is 4.79 Å². The van der Waals surface area contributed by atoms with Crippen molar-refractivity contribution in [1.29, 1.82) is 0 Å². The lowest BCUT2D eigenvalue weighted by Gasteiger charge is -2.42. The van der Waals surface area contributed by atoms with Crippen LogP contribution in [0.4, 0.5) is 0 Å². The van der Waals surface area contributed by atoms with E-state index in [0.29, 0.717) is 67.2 Å². The van der Waals surface area contributed by atoms with Crippen LogP contribution in [0.1, 0.15) is 92.4 Å². The number of ether oxygens (including phenoxy) is 2. The van der Waals surface area contributed by atoms with Crippen molar-refractivity contribution in [3.63, 3.8) is 0 Å². The normalized spacial score (nSPS) is 43.5. The van der Waals surface area contributed by atoms with E-state index < -0.39 is 0 Å². The zero-order chi connectivity index (χ0) is 27.1. The average molecular weight is 528 g/mol. The lowest BCUT2D eigenvalue weighted by molar-refractivity contribution is -0.116. The van der Waals surface area contributed by atoms with E-state index in [1.54, 1.807) is 11.1 Å². The second-order valence-electron chi connectivity index (χ2n) is 13.9. The largest absolute Gasteiger partial charge is 0.394 e. The summed E-state index contributed by atoms with van der Waals surface area (Å²) >= 11 is 0. The molecule has 2 saturated heterocycles. The number of rotatable bonds is 8. The van der Waals surface area contributed by atoms with Gasteiger partial charge in [0, 0.05) is 31.5 Å². The lowest BCUT2D eigenvalue weighted by Crippen LogP contribution is -2.52. The molecule has 0 bridgehead atoms. The van der Waals surface area contributed by atoms with Gasteiger partial charge in [-0.1, -0.05) is 51.3 Å². The minimum absolute atomic E-state index is 0.0572. The number of piperidine rings is 1. The van der Waals surface area contributed by atoms with Crippen molar-refractivity contribution < 1.29 is 19.4 Å². The number of nitrogens with zero attached hydrogens (tertiary/aromatic N) is 1. The Morgan fingerprint density at radius 3 is 2.76 bits per heavy atom. The Morgan fingerprint density at radius 1 is 1.24 bits per heavy atom. The van der Waals surface area contributed by atoms with Gasteiger partial charge in [-0.3, -0.25) is 9.69 Å². The van der Waals surface area contributed by atoms with Gasteiger partial charge in [-0.2, -0.15) is 0 Å². The third-order valence-corrected chi connectivity index (χ3v) is 11.4. The topological polar surface area (TPSA) is 59.0 Å². The molecule has 1 saturated carbocycles. The first-order valence-electron chi connectivity index (χ1n) is 15.7. The molecule has 1 N–H and O–H groups in total. The number of carbonyl (C=O) groups is 1. The summed E-state index contributed by atoms with van der Waals surface area (Å²) in [5, 5.41) is 9.11. The third-order valence-electron chi connectivity index (χ3n) is 11.4. The number of fused-ring (bicyclic) bond motifs is 2. The summed E-state index contributed by atoms with van der Waals surface area (Å²) in [6.45, 7) is 15.3. The molecule has 0 aromatic carbocycles. The van der Waals surface area contributed by atoms with Crippen molar-refractivity contribution in [3.05, 3.63) is 23.3 Å². The molecule has 2 heterocycles. The first-order valence-corrected chi connectivity index (χ1v) is 15.7. The van der Waals surface area contributed by atoms with Crippen LogP contribution in [-0.4, -0.2) is 66.4 Å². The molecule has 3 fully saturated rings. The predicted molar refractivity (Wildman–Crippen MR) is 152 cm³/mol. The van der Waals surface area contributed by atoms with Gasteiger partial charge >= 0.3 is 0 Å². The molecule has 0 aromatic rings. The smallest absolute Gasteiger partial charge is 0.155 e. The maximum atomic E-state index is 12.0. The number of allylic oxidation sites excluding steroid dienone is 3. The Bertz CT molecular complexity index is 928. The first kappa shape index (κ1) is 28.5. The van der Waals surface area contributed by atoms with E-state index in [2.05, 4.69) is 45.6 Å². The van der Waals surface area contributed by atoms with Gasteiger partial charge in [0.15, 0.2) is 5.78 Å². The van der Waals surface area contributed by atoms with E-state index in [-0.39, 0.29) is 17.6 Å². The maximum Gasteiger partial charge on any atom is 0.155 e. The van der Waals surface area contributed by atoms with E-state index in [1.807, 2.05) is 6.08 Å². The number of hydrogen-bond acceptors (Lipinski definition) is 5. The molecule has 2 aliphatic heterocycles. The second kappa shape index (κ2) is 11.5. The van der Waals surface area contributed by atoms with Gasteiger partial charge in [0.25, 0.3) is 0 Å². The van der Waals surface area contributed by atoms with E-state index in [0.717, 1.165) is 38.8 Å². The molecule has 0 radical (unpaired) electrons. The Hall–Kier alpha value is -1.01. The summed E-state index contributed by atoms with van der Waals surface area (Å²) in [7, 11) is 0. The van der Waals surface area contributed by atoms with Crippen LogP contribution >= 0.6 is 0 Å². The van der Waals surface area contributed by atoms with Crippen LogP contribution in [0, 0.1) is 35.0 Å². The Labute approximate surface area is 231 Å². The zero-order valence-electron chi connectivity index (χ0n) is 24.7. The highest BCUT2D eigenvalue weighted by Gasteiger charge is 2.58. The van der Waals surface area contributed by atoms with Crippen molar-refractivity contribution in [1.82, 2.24) is 4.90 Å². The minimum Gasteiger partial charge on any atom is -0.394 e. The van der Waals surface area contributed by atoms with Crippen molar-refractivity contribution in [2.75, 3.05) is 32.9 Å². The third kappa shape index (κ3) is 5.22. The molecule has 3 aliphatic carbocycles. The number of hydrogen-bond donors (Lipinski definition) is 1. The number of aliphatic hydroxyl groups excluding tert-OH is 1. The zero-order valence-corrected chi connectivity index (χ0v) is 24.7. The summed E-state index contributed by atoms with van der Waals surface area (Å²) < 4.78 is 12.9. The second-order valence-corrected chi connectivity index (χ2v) is 13.9. The highest BCUT2D eigenvalue weighted by atomic mass is 16.5. The van der Waals surface area contributed by atoms with Crippen molar-refractivity contribution in [2.24, 2.45) is 35.0 Å². The molecule has 5 rings (SSSR count). The van der Waals surface area contributed by atoms with Gasteiger partial charge in [-0.05, 0) is 87.0 Å². The van der Waals surface area contributed by atoms with Crippen LogP contribution in [0.5, 0.6) is 0 Å². The molecule has 5 nitrogen and oxygen atoms in total. The first-order chi connectivity index (χ1) is 18.2. The number of carbonyl (C=O) groups excluding carboxylic acids is 1. The Balaban J connectivity index is 1.38. The molecule has 0 amide bonds. The molecule has 38 heavy (non-hydrogen) atoms. The lowest BCUT2D eigenvalue weighted by atomic mass is 9.64. The van der Waals surface area contributed by atoms with Crippen molar-refractivity contribution in [2.45, 2.75) is 110 Å². The maximum absolute atomic E-state index is 12.0. The highest BCUT2D eigenvalue weighted by molar-refractivity contribution is 5.90. The number of likely N-dealkylation sites (tertiary alicyclic amines) is 1. The fourth-order valence-electron chi connectivity index (χ4n) is 9.54. The van der Waals surface area contributed by atoms with Crippen LogP contribution in [0.25, 0.3) is 0 Å². The van der Waals surface area contributed by atoms with E-state index in [4.69, 9.17) is 14.6 Å². The predicted octanol–water partition coefficient (Wildman–Crippen LogP) is 5.96. The van der Waals surface area contributed by atoms with E-state index in [1.165, 1.54) is 25.7 Å². The van der Waals surface area contributed by atoms with E-state index >= 15 is 0 Å². The molecule has 214 valence electrons. The molecule has 5 heteroatoms. The molecule has 9 atom stereocenters. The molecule has 5 aliphatic rings. The minimum atomic E-state index is -0.0572. The fraction of sp³-hybridized carbons (Fsp3) is 0.848. The standard InChI is InChI=1S/C33H53NO4/c1-6-7-27-26-10-13-33(20-23(3)28(26)19-29(27)32(5)11-8-25(36)9-12-32)24(4)31-30(38-33)18-22(2)21-34(31)14-16-37-17-15-35/h8,11,22,24,26-27,29-31,35H,6-7,9-10,12-21H2,1-5H3/t22-,24+,26-,27-,29-,30+,31-,32+,33-/m0/s1. The Kier molecular flexibility index (Phi) is 8.60. The van der Waals surface area contributed by atoms with Crippen molar-refractivity contribution >= 4 is 5.78 Å². The molecule has 1 spiro atoms.